The summed E-state index contributed by atoms with van der Waals surface area (Å²) in [4.78, 5) is 35.7. The Hall–Kier alpha value is -3.07. The zero-order valence-corrected chi connectivity index (χ0v) is 17.9. The molecular weight excluding hydrogens is 400 g/mol. The average Bonchev–Trinajstić information content (AvgIpc) is 3.40. The van der Waals surface area contributed by atoms with Gasteiger partial charge in [0.1, 0.15) is 5.69 Å². The van der Waals surface area contributed by atoms with Crippen LogP contribution in [0.5, 0.6) is 0 Å². The summed E-state index contributed by atoms with van der Waals surface area (Å²) in [6, 6.07) is 3.75. The fourth-order valence-electron chi connectivity index (χ4n) is 3.59. The lowest BCUT2D eigenvalue weighted by atomic mass is 10.0. The van der Waals surface area contributed by atoms with Gasteiger partial charge >= 0.3 is 0 Å². The maximum atomic E-state index is 13.0. The molecule has 3 aromatic rings. The van der Waals surface area contributed by atoms with Crippen LogP contribution in [0.4, 0.5) is 0 Å². The van der Waals surface area contributed by atoms with Gasteiger partial charge in [0, 0.05) is 55.1 Å². The van der Waals surface area contributed by atoms with Crippen molar-refractivity contribution in [1.82, 2.24) is 30.0 Å². The van der Waals surface area contributed by atoms with Crippen molar-refractivity contribution in [2.45, 2.75) is 39.9 Å². The number of thiazole rings is 1. The molecular formula is C21H24N6O2S. The van der Waals surface area contributed by atoms with E-state index in [9.17, 15) is 9.59 Å². The Morgan fingerprint density at radius 1 is 1.33 bits per heavy atom. The number of nitrogens with zero attached hydrogens (tertiary/aromatic N) is 5. The van der Waals surface area contributed by atoms with Gasteiger partial charge in [0.15, 0.2) is 5.69 Å². The van der Waals surface area contributed by atoms with Gasteiger partial charge in [-0.3, -0.25) is 19.3 Å². The molecule has 4 rings (SSSR count). The van der Waals surface area contributed by atoms with E-state index in [1.54, 1.807) is 28.2 Å². The molecule has 2 amide bonds. The number of aromatic nitrogens is 4. The fraction of sp³-hybridized carbons (Fsp3) is 0.381. The van der Waals surface area contributed by atoms with Gasteiger partial charge in [-0.1, -0.05) is 19.9 Å². The van der Waals surface area contributed by atoms with Crippen molar-refractivity contribution in [2.75, 3.05) is 6.54 Å². The highest BCUT2D eigenvalue weighted by molar-refractivity contribution is 7.07. The number of amides is 2. The second kappa shape index (κ2) is 8.74. The molecule has 9 heteroatoms. The quantitative estimate of drug-likeness (QED) is 0.656. The molecule has 1 aliphatic rings. The molecule has 1 aliphatic heterocycles. The zero-order chi connectivity index (χ0) is 21.1. The fourth-order valence-corrected chi connectivity index (χ4v) is 4.12. The first-order chi connectivity index (χ1) is 14.5. The van der Waals surface area contributed by atoms with Crippen LogP contribution in [0, 0.1) is 5.92 Å². The summed E-state index contributed by atoms with van der Waals surface area (Å²) in [5, 5.41) is 9.32. The highest BCUT2D eigenvalue weighted by Gasteiger charge is 2.31. The summed E-state index contributed by atoms with van der Waals surface area (Å²) in [7, 11) is 0. The van der Waals surface area contributed by atoms with Gasteiger partial charge in [0.05, 0.1) is 12.1 Å². The summed E-state index contributed by atoms with van der Waals surface area (Å²) < 4.78 is 1.93. The predicted molar refractivity (Wildman–Crippen MR) is 113 cm³/mol. The number of pyridine rings is 1. The topological polar surface area (TPSA) is 93.0 Å². The number of hydrogen-bond acceptors (Lipinski definition) is 6. The number of carbonyl (C=O) groups is 2. The first kappa shape index (κ1) is 20.2. The highest BCUT2D eigenvalue weighted by atomic mass is 32.1. The normalized spacial score (nSPS) is 13.4. The summed E-state index contributed by atoms with van der Waals surface area (Å²) in [6.45, 7) is 6.30. The van der Waals surface area contributed by atoms with Crippen LogP contribution < -0.4 is 5.32 Å². The number of hydrogen-bond donors (Lipinski definition) is 1. The van der Waals surface area contributed by atoms with Gasteiger partial charge in [-0.05, 0) is 17.5 Å². The predicted octanol–water partition coefficient (Wildman–Crippen LogP) is 2.52. The Bertz CT molecular complexity index is 1030. The molecule has 0 aromatic carbocycles. The van der Waals surface area contributed by atoms with E-state index in [1.165, 1.54) is 11.3 Å². The number of rotatable bonds is 6. The van der Waals surface area contributed by atoms with Crippen molar-refractivity contribution in [2.24, 2.45) is 5.92 Å². The van der Waals surface area contributed by atoms with Gasteiger partial charge in [0.25, 0.3) is 11.8 Å². The van der Waals surface area contributed by atoms with Crippen LogP contribution in [0.25, 0.3) is 0 Å². The summed E-state index contributed by atoms with van der Waals surface area (Å²) >= 11 is 1.40. The molecule has 0 spiro atoms. The monoisotopic (exact) mass is 424 g/mol. The van der Waals surface area contributed by atoms with Crippen LogP contribution in [-0.2, 0) is 26.1 Å². The molecule has 3 aromatic heterocycles. The van der Waals surface area contributed by atoms with Crippen LogP contribution in [0.2, 0.25) is 0 Å². The largest absolute Gasteiger partial charge is 0.346 e. The molecule has 0 atom stereocenters. The Morgan fingerprint density at radius 3 is 2.90 bits per heavy atom. The SMILES string of the molecule is CC(C)Cn1nc(C(=O)NCc2cccnc2)c2c1CCN(C(=O)c1cscn1)C2. The first-order valence-corrected chi connectivity index (χ1v) is 10.9. The minimum absolute atomic E-state index is 0.111. The van der Waals surface area contributed by atoms with E-state index >= 15 is 0 Å². The van der Waals surface area contributed by atoms with E-state index in [-0.39, 0.29) is 11.8 Å². The van der Waals surface area contributed by atoms with E-state index in [0.717, 1.165) is 23.4 Å². The third-order valence-electron chi connectivity index (χ3n) is 5.00. The van der Waals surface area contributed by atoms with E-state index in [4.69, 9.17) is 0 Å². The molecule has 1 N–H and O–H groups in total. The van der Waals surface area contributed by atoms with Crippen molar-refractivity contribution >= 4 is 23.2 Å². The first-order valence-electron chi connectivity index (χ1n) is 9.96. The summed E-state index contributed by atoms with van der Waals surface area (Å²) in [5.41, 5.74) is 5.28. The lowest BCUT2D eigenvalue weighted by molar-refractivity contribution is 0.0725. The van der Waals surface area contributed by atoms with Crippen molar-refractivity contribution < 1.29 is 9.59 Å². The van der Waals surface area contributed by atoms with Crippen molar-refractivity contribution in [3.8, 4) is 0 Å². The molecule has 4 heterocycles. The molecule has 0 fully saturated rings. The van der Waals surface area contributed by atoms with Crippen LogP contribution in [0.15, 0.2) is 35.4 Å². The number of fused-ring (bicyclic) bond motifs is 1. The molecule has 8 nitrogen and oxygen atoms in total. The van der Waals surface area contributed by atoms with Gasteiger partial charge in [-0.2, -0.15) is 5.10 Å². The van der Waals surface area contributed by atoms with Gasteiger partial charge in [0.2, 0.25) is 0 Å². The Labute approximate surface area is 179 Å². The Balaban J connectivity index is 1.58. The molecule has 0 saturated carbocycles. The zero-order valence-electron chi connectivity index (χ0n) is 17.0. The van der Waals surface area contributed by atoms with E-state index < -0.39 is 0 Å². The maximum absolute atomic E-state index is 13.0. The molecule has 30 heavy (non-hydrogen) atoms. The van der Waals surface area contributed by atoms with Crippen LogP contribution >= 0.6 is 11.3 Å². The van der Waals surface area contributed by atoms with Gasteiger partial charge < -0.3 is 10.2 Å². The van der Waals surface area contributed by atoms with Crippen molar-refractivity contribution in [1.29, 1.82) is 0 Å². The minimum Gasteiger partial charge on any atom is -0.346 e. The highest BCUT2D eigenvalue weighted by Crippen LogP contribution is 2.25. The molecule has 0 bridgehead atoms. The molecule has 156 valence electrons. The smallest absolute Gasteiger partial charge is 0.273 e. The summed E-state index contributed by atoms with van der Waals surface area (Å²) in [5.74, 6) is 0.0516. The third-order valence-corrected chi connectivity index (χ3v) is 5.59. The van der Waals surface area contributed by atoms with Crippen molar-refractivity contribution in [3.63, 3.8) is 0 Å². The molecule has 0 radical (unpaired) electrons. The number of carbonyl (C=O) groups excluding carboxylic acids is 2. The maximum Gasteiger partial charge on any atom is 0.273 e. The lowest BCUT2D eigenvalue weighted by Gasteiger charge is -2.27. The van der Waals surface area contributed by atoms with Crippen molar-refractivity contribution in [3.05, 3.63) is 63.6 Å². The standard InChI is InChI=1S/C21H24N6O2S/c1-14(2)10-27-18-5-7-26(21(29)17-12-30-13-24-17)11-16(18)19(25-27)20(28)23-9-15-4-3-6-22-8-15/h3-4,6,8,12-14H,5,7,9-11H2,1-2H3,(H,23,28). The molecule has 0 aliphatic carbocycles. The van der Waals surface area contributed by atoms with E-state index in [0.29, 0.717) is 43.4 Å². The van der Waals surface area contributed by atoms with Gasteiger partial charge in [-0.15, -0.1) is 11.3 Å². The van der Waals surface area contributed by atoms with Crippen LogP contribution in [0.1, 0.15) is 51.6 Å². The second-order valence-corrected chi connectivity index (χ2v) is 8.46. The number of nitrogens with one attached hydrogen (secondary N) is 1. The van der Waals surface area contributed by atoms with Crippen LogP contribution in [-0.4, -0.2) is 43.0 Å². The second-order valence-electron chi connectivity index (χ2n) is 7.74. The summed E-state index contributed by atoms with van der Waals surface area (Å²) in [6.07, 6.45) is 4.09. The average molecular weight is 425 g/mol. The molecule has 0 saturated heterocycles. The Morgan fingerprint density at radius 2 is 2.20 bits per heavy atom. The third kappa shape index (κ3) is 4.25. The minimum atomic E-state index is -0.236. The van der Waals surface area contributed by atoms with E-state index in [1.807, 2.05) is 16.8 Å². The lowest BCUT2D eigenvalue weighted by Crippen LogP contribution is -2.37. The molecule has 0 unspecified atom stereocenters. The van der Waals surface area contributed by atoms with Crippen LogP contribution in [0.3, 0.4) is 0 Å². The van der Waals surface area contributed by atoms with E-state index in [2.05, 4.69) is 34.2 Å². The Kier molecular flexibility index (Phi) is 5.89. The van der Waals surface area contributed by atoms with Gasteiger partial charge in [-0.25, -0.2) is 4.98 Å².